The van der Waals surface area contributed by atoms with Gasteiger partial charge in [-0.2, -0.15) is 0 Å². The minimum Gasteiger partial charge on any atom is -0.399 e. The highest BCUT2D eigenvalue weighted by molar-refractivity contribution is 6.05. The van der Waals surface area contributed by atoms with Crippen LogP contribution in [0.2, 0.25) is 0 Å². The lowest BCUT2D eigenvalue weighted by Gasteiger charge is -2.08. The summed E-state index contributed by atoms with van der Waals surface area (Å²) in [5.41, 5.74) is 20.0. The highest BCUT2D eigenvalue weighted by Gasteiger charge is 2.10. The van der Waals surface area contributed by atoms with Gasteiger partial charge < -0.3 is 22.5 Å². The van der Waals surface area contributed by atoms with Gasteiger partial charge in [-0.15, -0.1) is 0 Å². The first-order valence-electron chi connectivity index (χ1n) is 8.38. The van der Waals surface area contributed by atoms with Crippen LogP contribution in [0.4, 0.5) is 17.3 Å². The number of nitrogens with zero attached hydrogens (tertiary/aromatic N) is 2. The largest absolute Gasteiger partial charge is 0.399 e. The van der Waals surface area contributed by atoms with Crippen molar-refractivity contribution in [2.45, 2.75) is 13.8 Å². The predicted octanol–water partition coefficient (Wildman–Crippen LogP) is 2.30. The molecular weight excluding hydrogens is 356 g/mol. The normalized spacial score (nSPS) is 9.79. The maximum Gasteiger partial charge on any atom is 0.256 e. The average molecular weight is 378 g/mol. The number of carbonyl (C=O) groups excluding carboxylic acids is 2. The van der Waals surface area contributed by atoms with Crippen LogP contribution in [0.1, 0.15) is 31.8 Å². The van der Waals surface area contributed by atoms with Crippen LogP contribution in [-0.4, -0.2) is 21.8 Å². The molecule has 8 nitrogen and oxygen atoms in total. The van der Waals surface area contributed by atoms with Crippen LogP contribution in [-0.2, 0) is 0 Å². The van der Waals surface area contributed by atoms with Crippen molar-refractivity contribution in [3.05, 3.63) is 77.1 Å². The first-order valence-corrected chi connectivity index (χ1v) is 8.38. The number of aryl methyl sites for hydroxylation is 2. The summed E-state index contributed by atoms with van der Waals surface area (Å²) in [7, 11) is 0. The molecule has 0 saturated carbocycles. The van der Waals surface area contributed by atoms with E-state index in [0.717, 1.165) is 11.1 Å². The van der Waals surface area contributed by atoms with Crippen molar-refractivity contribution >= 4 is 29.1 Å². The Balaban J connectivity index is 0.000000237. The smallest absolute Gasteiger partial charge is 0.256 e. The molecule has 0 aliphatic carbocycles. The van der Waals surface area contributed by atoms with Gasteiger partial charge in [-0.05, 0) is 43.2 Å². The Labute approximate surface area is 162 Å². The van der Waals surface area contributed by atoms with Gasteiger partial charge in [-0.25, -0.2) is 9.97 Å². The minimum absolute atomic E-state index is 0.160. The number of hydrogen-bond acceptors (Lipinski definition) is 6. The highest BCUT2D eigenvalue weighted by Crippen LogP contribution is 2.15. The number of amides is 2. The van der Waals surface area contributed by atoms with Crippen LogP contribution in [0.15, 0.2) is 54.9 Å². The molecule has 0 bridgehead atoms. The Kier molecular flexibility index (Phi) is 6.64. The van der Waals surface area contributed by atoms with Crippen LogP contribution in [0.25, 0.3) is 0 Å². The third-order valence-electron chi connectivity index (χ3n) is 3.85. The van der Waals surface area contributed by atoms with E-state index in [-0.39, 0.29) is 17.8 Å². The number of anilines is 3. The van der Waals surface area contributed by atoms with Gasteiger partial charge in [0.1, 0.15) is 0 Å². The van der Waals surface area contributed by atoms with Crippen molar-refractivity contribution in [3.63, 3.8) is 0 Å². The van der Waals surface area contributed by atoms with Gasteiger partial charge in [-0.1, -0.05) is 24.3 Å². The Morgan fingerprint density at radius 3 is 2.07 bits per heavy atom. The maximum atomic E-state index is 12.0. The van der Waals surface area contributed by atoms with E-state index in [1.165, 1.54) is 12.4 Å². The molecule has 0 fully saturated rings. The Morgan fingerprint density at radius 1 is 0.893 bits per heavy atom. The molecule has 0 saturated heterocycles. The second-order valence-electron chi connectivity index (χ2n) is 6.04. The quantitative estimate of drug-likeness (QED) is 0.514. The zero-order valence-corrected chi connectivity index (χ0v) is 15.6. The van der Waals surface area contributed by atoms with Crippen LogP contribution >= 0.6 is 0 Å². The number of primary amides is 1. The van der Waals surface area contributed by atoms with Crippen LogP contribution in [0.5, 0.6) is 0 Å². The Hall–Kier alpha value is -3.94. The second kappa shape index (κ2) is 9.13. The van der Waals surface area contributed by atoms with E-state index < -0.39 is 0 Å². The van der Waals surface area contributed by atoms with E-state index in [1.54, 1.807) is 30.3 Å². The van der Waals surface area contributed by atoms with Crippen molar-refractivity contribution < 1.29 is 9.59 Å². The van der Waals surface area contributed by atoms with Gasteiger partial charge in [0, 0.05) is 16.8 Å². The number of aromatic nitrogens is 2. The third kappa shape index (κ3) is 5.53. The first-order chi connectivity index (χ1) is 13.3. The summed E-state index contributed by atoms with van der Waals surface area (Å²) in [6.07, 6.45) is 2.89. The zero-order valence-electron chi connectivity index (χ0n) is 15.6. The summed E-state index contributed by atoms with van der Waals surface area (Å²) < 4.78 is 0. The molecule has 1 aromatic heterocycles. The van der Waals surface area contributed by atoms with E-state index in [4.69, 9.17) is 17.2 Å². The van der Waals surface area contributed by atoms with Crippen molar-refractivity contribution in [2.24, 2.45) is 5.73 Å². The minimum atomic E-state index is -0.363. The van der Waals surface area contributed by atoms with E-state index in [2.05, 4.69) is 15.3 Å². The lowest BCUT2D eigenvalue weighted by Crippen LogP contribution is -2.14. The first kappa shape index (κ1) is 20.4. The molecule has 0 unspecified atom stereocenters. The molecule has 144 valence electrons. The van der Waals surface area contributed by atoms with E-state index in [1.807, 2.05) is 26.0 Å². The Morgan fingerprint density at radius 2 is 1.50 bits per heavy atom. The molecule has 28 heavy (non-hydrogen) atoms. The van der Waals surface area contributed by atoms with E-state index in [0.29, 0.717) is 22.5 Å². The second-order valence-corrected chi connectivity index (χ2v) is 6.04. The number of carbonyl (C=O) groups is 2. The maximum absolute atomic E-state index is 12.0. The number of rotatable bonds is 3. The topological polar surface area (TPSA) is 150 Å². The van der Waals surface area contributed by atoms with Crippen LogP contribution in [0.3, 0.4) is 0 Å². The molecule has 1 heterocycles. The number of hydrogen-bond donors (Lipinski definition) is 4. The van der Waals surface area contributed by atoms with Gasteiger partial charge in [-0.3, -0.25) is 9.59 Å². The molecule has 0 spiro atoms. The van der Waals surface area contributed by atoms with Crippen molar-refractivity contribution in [3.8, 4) is 0 Å². The molecule has 0 radical (unpaired) electrons. The summed E-state index contributed by atoms with van der Waals surface area (Å²) in [4.78, 5) is 30.2. The number of nitrogen functional groups attached to an aromatic ring is 2. The van der Waals surface area contributed by atoms with Gasteiger partial charge in [0.05, 0.1) is 18.1 Å². The number of nitrogens with one attached hydrogen (secondary N) is 1. The van der Waals surface area contributed by atoms with Gasteiger partial charge in [0.15, 0.2) is 0 Å². The standard InChI is InChI=1S/C12H13N5O.C8H9NO/c1-7-2-3-8(13)4-10(7)11(18)17-9-5-15-12(14)16-6-9;1-6-4-2-3-5-7(6)8(9)10/h2-6H,13H2,1H3,(H,17,18)(H2,14,15,16);2-5H,1H3,(H2,9,10). The molecule has 0 aliphatic heterocycles. The predicted molar refractivity (Wildman–Crippen MR) is 110 cm³/mol. The van der Waals surface area contributed by atoms with Crippen molar-refractivity contribution in [1.29, 1.82) is 0 Å². The molecule has 3 aromatic rings. The van der Waals surface area contributed by atoms with Gasteiger partial charge in [0.2, 0.25) is 11.9 Å². The summed E-state index contributed by atoms with van der Waals surface area (Å²) in [5.74, 6) is -0.459. The highest BCUT2D eigenvalue weighted by atomic mass is 16.2. The fourth-order valence-electron chi connectivity index (χ4n) is 2.33. The molecular formula is C20H22N6O2. The fraction of sp³-hybridized carbons (Fsp3) is 0.100. The van der Waals surface area contributed by atoms with E-state index >= 15 is 0 Å². The molecule has 8 heteroatoms. The molecule has 0 aliphatic rings. The van der Waals surface area contributed by atoms with Gasteiger partial charge in [0.25, 0.3) is 5.91 Å². The average Bonchev–Trinajstić information content (AvgIpc) is 2.66. The number of nitrogens with two attached hydrogens (primary N) is 3. The summed E-state index contributed by atoms with van der Waals surface area (Å²) >= 11 is 0. The van der Waals surface area contributed by atoms with Gasteiger partial charge >= 0.3 is 0 Å². The van der Waals surface area contributed by atoms with Crippen LogP contribution < -0.4 is 22.5 Å². The monoisotopic (exact) mass is 378 g/mol. The number of benzene rings is 2. The Bertz CT molecular complexity index is 986. The van der Waals surface area contributed by atoms with E-state index in [9.17, 15) is 9.59 Å². The van der Waals surface area contributed by atoms with Crippen LogP contribution in [0, 0.1) is 13.8 Å². The SMILES string of the molecule is Cc1ccc(N)cc1C(=O)Nc1cnc(N)nc1.Cc1ccccc1C(N)=O. The zero-order chi connectivity index (χ0) is 20.7. The third-order valence-corrected chi connectivity index (χ3v) is 3.85. The molecule has 2 amide bonds. The van der Waals surface area contributed by atoms with Crippen molar-refractivity contribution in [2.75, 3.05) is 16.8 Å². The molecule has 2 aromatic carbocycles. The lowest BCUT2D eigenvalue weighted by molar-refractivity contribution is 0.0997. The summed E-state index contributed by atoms with van der Waals surface area (Å²) in [6.45, 7) is 3.70. The fourth-order valence-corrected chi connectivity index (χ4v) is 2.33. The lowest BCUT2D eigenvalue weighted by atomic mass is 10.1. The summed E-state index contributed by atoms with van der Waals surface area (Å²) in [6, 6.07) is 12.4. The molecule has 7 N–H and O–H groups in total. The summed E-state index contributed by atoms with van der Waals surface area (Å²) in [5, 5.41) is 2.68. The molecule has 0 atom stereocenters. The van der Waals surface area contributed by atoms with Crippen molar-refractivity contribution in [1.82, 2.24) is 9.97 Å². The molecule has 3 rings (SSSR count).